The Morgan fingerprint density at radius 2 is 1.52 bits per heavy atom. The Bertz CT molecular complexity index is 697. The largest absolute Gasteiger partial charge is 0.115 e. The maximum atomic E-state index is 2.56. The van der Waals surface area contributed by atoms with Crippen LogP contribution in [0.5, 0.6) is 0 Å². The highest BCUT2D eigenvalue weighted by atomic mass is 28.3. The average molecular weight is 319 g/mol. The summed E-state index contributed by atoms with van der Waals surface area (Å²) in [5.41, 5.74) is 2.86. The molecule has 118 valence electrons. The Kier molecular flexibility index (Phi) is 4.97. The van der Waals surface area contributed by atoms with Crippen LogP contribution in [0.4, 0.5) is 0 Å². The summed E-state index contributed by atoms with van der Waals surface area (Å²) in [7, 11) is -1.67. The summed E-state index contributed by atoms with van der Waals surface area (Å²) in [5.74, 6) is 0. The van der Waals surface area contributed by atoms with Gasteiger partial charge in [-0.05, 0) is 23.6 Å². The van der Waals surface area contributed by atoms with Gasteiger partial charge in [-0.2, -0.15) is 0 Å². The highest BCUT2D eigenvalue weighted by molar-refractivity contribution is 6.98. The molecular weight excluding hydrogens is 292 g/mol. The fourth-order valence-corrected chi connectivity index (χ4v) is 7.97. The summed E-state index contributed by atoms with van der Waals surface area (Å²) < 4.78 is 0. The van der Waals surface area contributed by atoms with Crippen LogP contribution >= 0.6 is 0 Å². The van der Waals surface area contributed by atoms with Gasteiger partial charge in [0.05, 0.1) is 0 Å². The highest BCUT2D eigenvalue weighted by Crippen LogP contribution is 2.37. The second-order valence-corrected chi connectivity index (χ2v) is 10.9. The fourth-order valence-electron chi connectivity index (χ4n) is 3.70. The monoisotopic (exact) mass is 318 g/mol. The van der Waals surface area contributed by atoms with E-state index >= 15 is 0 Å². The summed E-state index contributed by atoms with van der Waals surface area (Å²) in [4.78, 5) is 0. The predicted molar refractivity (Wildman–Crippen MR) is 105 cm³/mol. The number of hydrogen-bond donors (Lipinski definition) is 0. The molecule has 1 atom stereocenters. The quantitative estimate of drug-likeness (QED) is 0.597. The average Bonchev–Trinajstić information content (AvgIpc) is 3.11. The van der Waals surface area contributed by atoms with Crippen LogP contribution in [0.1, 0.15) is 31.7 Å². The molecule has 0 saturated heterocycles. The first-order chi connectivity index (χ1) is 11.3. The summed E-state index contributed by atoms with van der Waals surface area (Å²) in [6, 6.07) is 23.5. The van der Waals surface area contributed by atoms with E-state index in [9.17, 15) is 0 Å². The molecule has 0 spiro atoms. The lowest BCUT2D eigenvalue weighted by Gasteiger charge is -2.32. The molecule has 3 rings (SSSR count). The molecule has 1 unspecified atom stereocenters. The van der Waals surface area contributed by atoms with Crippen molar-refractivity contribution in [2.75, 3.05) is 0 Å². The molecule has 0 N–H and O–H groups in total. The first kappa shape index (κ1) is 16.0. The van der Waals surface area contributed by atoms with Gasteiger partial charge in [0, 0.05) is 0 Å². The smallest absolute Gasteiger partial charge is 0.0804 e. The van der Waals surface area contributed by atoms with Crippen LogP contribution in [-0.2, 0) is 0 Å². The molecule has 0 aromatic heterocycles. The number of hydrogen-bond acceptors (Lipinski definition) is 0. The Hall–Kier alpha value is -1.86. The normalized spacial score (nSPS) is 16.6. The van der Waals surface area contributed by atoms with Gasteiger partial charge in [-0.15, -0.1) is 0 Å². The molecule has 1 aliphatic rings. The lowest BCUT2D eigenvalue weighted by molar-refractivity contribution is 0.871. The van der Waals surface area contributed by atoms with Gasteiger partial charge in [0.15, 0.2) is 0 Å². The zero-order chi connectivity index (χ0) is 16.1. The SMILES string of the molecule is CCCC[Si](C)(C1=CCC=C1c1ccccc1)c1ccccc1. The minimum atomic E-state index is -1.67. The van der Waals surface area contributed by atoms with E-state index in [0.29, 0.717) is 0 Å². The molecule has 0 fully saturated rings. The molecule has 0 heterocycles. The van der Waals surface area contributed by atoms with Gasteiger partial charge in [-0.3, -0.25) is 0 Å². The summed E-state index contributed by atoms with van der Waals surface area (Å²) >= 11 is 0. The molecule has 0 saturated carbocycles. The maximum absolute atomic E-state index is 2.56. The van der Waals surface area contributed by atoms with Gasteiger partial charge < -0.3 is 0 Å². The Morgan fingerprint density at radius 3 is 2.17 bits per heavy atom. The highest BCUT2D eigenvalue weighted by Gasteiger charge is 2.36. The van der Waals surface area contributed by atoms with Gasteiger partial charge in [0.1, 0.15) is 8.07 Å². The van der Waals surface area contributed by atoms with Crippen LogP contribution in [0.3, 0.4) is 0 Å². The minimum Gasteiger partial charge on any atom is -0.0804 e. The van der Waals surface area contributed by atoms with Crippen LogP contribution in [0.2, 0.25) is 12.6 Å². The van der Waals surface area contributed by atoms with E-state index in [0.717, 1.165) is 6.42 Å². The topological polar surface area (TPSA) is 0 Å². The predicted octanol–water partition coefficient (Wildman–Crippen LogP) is 5.73. The third-order valence-electron chi connectivity index (χ3n) is 5.05. The second-order valence-electron chi connectivity index (χ2n) is 6.64. The van der Waals surface area contributed by atoms with E-state index < -0.39 is 8.07 Å². The lowest BCUT2D eigenvalue weighted by Crippen LogP contribution is -2.46. The third kappa shape index (κ3) is 3.25. The van der Waals surface area contributed by atoms with Gasteiger partial charge in [0.25, 0.3) is 0 Å². The Labute approximate surface area is 141 Å². The first-order valence-electron chi connectivity index (χ1n) is 8.78. The molecule has 0 bridgehead atoms. The molecular formula is C22H26Si. The minimum absolute atomic E-state index is 1.08. The number of unbranched alkanes of at least 4 members (excludes halogenated alkanes) is 1. The zero-order valence-corrected chi connectivity index (χ0v) is 15.3. The Morgan fingerprint density at radius 1 is 0.870 bits per heavy atom. The van der Waals surface area contributed by atoms with Crippen molar-refractivity contribution in [3.8, 4) is 0 Å². The summed E-state index contributed by atoms with van der Waals surface area (Å²) in [5, 5.41) is 3.21. The molecule has 1 aliphatic carbocycles. The van der Waals surface area contributed by atoms with Gasteiger partial charge in [0.2, 0.25) is 0 Å². The van der Waals surface area contributed by atoms with Crippen molar-refractivity contribution in [2.45, 2.75) is 38.8 Å². The van der Waals surface area contributed by atoms with Crippen LogP contribution in [-0.4, -0.2) is 8.07 Å². The Balaban J connectivity index is 2.02. The zero-order valence-electron chi connectivity index (χ0n) is 14.3. The second kappa shape index (κ2) is 7.14. The van der Waals surface area contributed by atoms with Gasteiger partial charge in [-0.25, -0.2) is 0 Å². The molecule has 2 aromatic carbocycles. The van der Waals surface area contributed by atoms with E-state index in [-0.39, 0.29) is 0 Å². The molecule has 0 radical (unpaired) electrons. The molecule has 1 heteroatoms. The van der Waals surface area contributed by atoms with Crippen LogP contribution < -0.4 is 5.19 Å². The van der Waals surface area contributed by atoms with E-state index in [4.69, 9.17) is 0 Å². The van der Waals surface area contributed by atoms with E-state index in [1.54, 1.807) is 10.4 Å². The van der Waals surface area contributed by atoms with Crippen molar-refractivity contribution in [3.05, 3.63) is 83.6 Å². The molecule has 0 nitrogen and oxygen atoms in total. The fraction of sp³-hybridized carbons (Fsp3) is 0.273. The van der Waals surface area contributed by atoms with Crippen molar-refractivity contribution in [3.63, 3.8) is 0 Å². The van der Waals surface area contributed by atoms with Crippen molar-refractivity contribution in [1.82, 2.24) is 0 Å². The van der Waals surface area contributed by atoms with Crippen LogP contribution in [0.15, 0.2) is 78.0 Å². The van der Waals surface area contributed by atoms with Crippen molar-refractivity contribution < 1.29 is 0 Å². The van der Waals surface area contributed by atoms with Gasteiger partial charge in [-0.1, -0.05) is 110 Å². The van der Waals surface area contributed by atoms with Crippen LogP contribution in [0.25, 0.3) is 5.57 Å². The summed E-state index contributed by atoms with van der Waals surface area (Å²) in [6.45, 7) is 4.86. The number of benzene rings is 2. The third-order valence-corrected chi connectivity index (χ3v) is 9.68. The molecule has 0 amide bonds. The lowest BCUT2D eigenvalue weighted by atomic mass is 10.1. The molecule has 23 heavy (non-hydrogen) atoms. The molecule has 0 aliphatic heterocycles. The van der Waals surface area contributed by atoms with Crippen molar-refractivity contribution in [1.29, 1.82) is 0 Å². The first-order valence-corrected chi connectivity index (χ1v) is 11.5. The summed E-state index contributed by atoms with van der Waals surface area (Å²) in [6.07, 6.45) is 8.59. The van der Waals surface area contributed by atoms with E-state index in [2.05, 4.69) is 86.3 Å². The van der Waals surface area contributed by atoms with E-state index in [1.165, 1.54) is 30.0 Å². The molecule has 2 aromatic rings. The van der Waals surface area contributed by atoms with Crippen molar-refractivity contribution in [2.24, 2.45) is 0 Å². The van der Waals surface area contributed by atoms with Crippen molar-refractivity contribution >= 4 is 18.8 Å². The standard InChI is InChI=1S/C22H26Si/c1-3-4-18-23(2,20-14-9-6-10-15-20)22-17-11-16-21(22)19-12-7-5-8-13-19/h5-10,12-17H,3-4,11,18H2,1-2H3. The van der Waals surface area contributed by atoms with Gasteiger partial charge >= 0.3 is 0 Å². The van der Waals surface area contributed by atoms with E-state index in [1.807, 2.05) is 0 Å². The maximum Gasteiger partial charge on any atom is 0.115 e. The number of rotatable bonds is 6. The van der Waals surface area contributed by atoms with Crippen LogP contribution in [0, 0.1) is 0 Å². The number of allylic oxidation sites excluding steroid dienone is 4.